The largest absolute Gasteiger partial charge is 0.353 e. The van der Waals surface area contributed by atoms with Crippen molar-refractivity contribution in [3.8, 4) is 11.4 Å². The molecule has 0 aliphatic heterocycles. The van der Waals surface area contributed by atoms with Crippen LogP contribution >= 0.6 is 0 Å². The Morgan fingerprint density at radius 3 is 2.60 bits per heavy atom. The van der Waals surface area contributed by atoms with Gasteiger partial charge in [0.15, 0.2) is 5.82 Å². The van der Waals surface area contributed by atoms with Crippen molar-refractivity contribution in [2.75, 3.05) is 11.4 Å². The van der Waals surface area contributed by atoms with Gasteiger partial charge in [-0.15, -0.1) is 0 Å². The Hall–Kier alpha value is -2.49. The van der Waals surface area contributed by atoms with Gasteiger partial charge in [0.05, 0.1) is 5.52 Å². The fourth-order valence-corrected chi connectivity index (χ4v) is 3.88. The third-order valence-corrected chi connectivity index (χ3v) is 5.13. The molecule has 0 unspecified atom stereocenters. The summed E-state index contributed by atoms with van der Waals surface area (Å²) >= 11 is 0. The average Bonchev–Trinajstić information content (AvgIpc) is 2.70. The molecule has 4 heteroatoms. The molecule has 1 aromatic carbocycles. The number of rotatable bonds is 4. The number of hydrogen-bond acceptors (Lipinski definition) is 4. The first-order valence-electron chi connectivity index (χ1n) is 9.30. The normalized spacial score (nSPS) is 15.4. The van der Waals surface area contributed by atoms with Crippen molar-refractivity contribution >= 4 is 16.7 Å². The van der Waals surface area contributed by atoms with Crippen molar-refractivity contribution in [3.05, 3.63) is 48.8 Å². The molecule has 1 fully saturated rings. The second-order valence-electron chi connectivity index (χ2n) is 6.71. The van der Waals surface area contributed by atoms with Gasteiger partial charge in [0, 0.05) is 35.9 Å². The van der Waals surface area contributed by atoms with Gasteiger partial charge in [-0.3, -0.25) is 4.98 Å². The average molecular weight is 332 g/mol. The van der Waals surface area contributed by atoms with Crippen LogP contribution in [0.4, 0.5) is 5.82 Å². The summed E-state index contributed by atoms with van der Waals surface area (Å²) in [6.07, 6.45) is 10.1. The van der Waals surface area contributed by atoms with E-state index in [0.717, 1.165) is 34.7 Å². The highest BCUT2D eigenvalue weighted by atomic mass is 15.2. The predicted molar refractivity (Wildman–Crippen MR) is 103 cm³/mol. The maximum absolute atomic E-state index is 4.99. The molecule has 1 saturated carbocycles. The van der Waals surface area contributed by atoms with E-state index in [9.17, 15) is 0 Å². The van der Waals surface area contributed by atoms with Gasteiger partial charge >= 0.3 is 0 Å². The van der Waals surface area contributed by atoms with Crippen LogP contribution in [0, 0.1) is 0 Å². The minimum absolute atomic E-state index is 0.582. The van der Waals surface area contributed by atoms with Gasteiger partial charge in [-0.05, 0) is 44.0 Å². The van der Waals surface area contributed by atoms with Crippen LogP contribution in [0.15, 0.2) is 48.8 Å². The molecule has 3 aromatic rings. The highest BCUT2D eigenvalue weighted by Crippen LogP contribution is 2.32. The van der Waals surface area contributed by atoms with Crippen LogP contribution in [0.2, 0.25) is 0 Å². The van der Waals surface area contributed by atoms with Crippen LogP contribution < -0.4 is 4.90 Å². The zero-order chi connectivity index (χ0) is 17.1. The van der Waals surface area contributed by atoms with Crippen molar-refractivity contribution < 1.29 is 0 Å². The first-order valence-corrected chi connectivity index (χ1v) is 9.30. The molecule has 2 aromatic heterocycles. The Labute approximate surface area is 149 Å². The summed E-state index contributed by atoms with van der Waals surface area (Å²) in [6, 6.07) is 12.9. The second-order valence-corrected chi connectivity index (χ2v) is 6.71. The summed E-state index contributed by atoms with van der Waals surface area (Å²) in [5.41, 5.74) is 1.97. The van der Waals surface area contributed by atoms with Crippen molar-refractivity contribution in [1.29, 1.82) is 0 Å². The van der Waals surface area contributed by atoms with E-state index >= 15 is 0 Å². The van der Waals surface area contributed by atoms with Crippen LogP contribution in [-0.2, 0) is 0 Å². The monoisotopic (exact) mass is 332 g/mol. The van der Waals surface area contributed by atoms with Crippen molar-refractivity contribution in [2.24, 2.45) is 0 Å². The molecule has 0 bridgehead atoms. The second kappa shape index (κ2) is 7.18. The summed E-state index contributed by atoms with van der Waals surface area (Å²) in [4.78, 5) is 16.5. The van der Waals surface area contributed by atoms with Gasteiger partial charge in [0.25, 0.3) is 0 Å². The lowest BCUT2D eigenvalue weighted by Crippen LogP contribution is -2.37. The number of para-hydroxylation sites is 1. The molecule has 4 nitrogen and oxygen atoms in total. The highest BCUT2D eigenvalue weighted by molar-refractivity contribution is 5.91. The summed E-state index contributed by atoms with van der Waals surface area (Å²) in [6.45, 7) is 3.20. The zero-order valence-electron chi connectivity index (χ0n) is 14.7. The highest BCUT2D eigenvalue weighted by Gasteiger charge is 2.23. The maximum atomic E-state index is 4.99. The number of anilines is 1. The fraction of sp³-hybridized carbons (Fsp3) is 0.381. The van der Waals surface area contributed by atoms with Gasteiger partial charge < -0.3 is 4.90 Å². The first-order chi connectivity index (χ1) is 12.4. The molecule has 2 heterocycles. The molecule has 0 N–H and O–H groups in total. The number of pyridine rings is 1. The van der Waals surface area contributed by atoms with Crippen LogP contribution in [-0.4, -0.2) is 27.5 Å². The summed E-state index contributed by atoms with van der Waals surface area (Å²) < 4.78 is 0. The number of benzene rings is 1. The zero-order valence-corrected chi connectivity index (χ0v) is 14.7. The number of fused-ring (bicyclic) bond motifs is 1. The van der Waals surface area contributed by atoms with Gasteiger partial charge in [0.2, 0.25) is 0 Å². The van der Waals surface area contributed by atoms with E-state index in [2.05, 4.69) is 35.0 Å². The van der Waals surface area contributed by atoms with Gasteiger partial charge in [-0.2, -0.15) is 0 Å². The number of hydrogen-bond donors (Lipinski definition) is 0. The lowest BCUT2D eigenvalue weighted by molar-refractivity contribution is 0.417. The van der Waals surface area contributed by atoms with Crippen molar-refractivity contribution in [3.63, 3.8) is 0 Å². The summed E-state index contributed by atoms with van der Waals surface area (Å²) in [5.74, 6) is 1.83. The summed E-state index contributed by atoms with van der Waals surface area (Å²) in [7, 11) is 0. The van der Waals surface area contributed by atoms with E-state index in [1.807, 2.05) is 24.4 Å². The molecule has 0 saturated heterocycles. The molecular formula is C21H24N4. The van der Waals surface area contributed by atoms with Crippen LogP contribution in [0.25, 0.3) is 22.3 Å². The molecule has 25 heavy (non-hydrogen) atoms. The van der Waals surface area contributed by atoms with Crippen LogP contribution in [0.1, 0.15) is 39.0 Å². The molecule has 0 atom stereocenters. The van der Waals surface area contributed by atoms with E-state index in [1.165, 1.54) is 32.1 Å². The van der Waals surface area contributed by atoms with E-state index in [1.54, 1.807) is 6.20 Å². The lowest BCUT2D eigenvalue weighted by atomic mass is 9.94. The standard InChI is InChI=1S/C21H24N4/c1-2-25(17-10-4-3-5-11-17)21-18-12-6-7-13-19(18)23-20(24-21)16-9-8-14-22-15-16/h6-9,12-15,17H,2-5,10-11H2,1H3. The maximum Gasteiger partial charge on any atom is 0.163 e. The molecule has 1 aliphatic rings. The van der Waals surface area contributed by atoms with Gasteiger partial charge in [-0.25, -0.2) is 9.97 Å². The van der Waals surface area contributed by atoms with Gasteiger partial charge in [-0.1, -0.05) is 31.4 Å². The quantitative estimate of drug-likeness (QED) is 0.685. The first kappa shape index (κ1) is 16.0. The molecule has 128 valence electrons. The summed E-state index contributed by atoms with van der Waals surface area (Å²) in [5, 5.41) is 1.14. The van der Waals surface area contributed by atoms with E-state index in [4.69, 9.17) is 9.97 Å². The van der Waals surface area contributed by atoms with E-state index in [-0.39, 0.29) is 0 Å². The molecule has 0 amide bonds. The predicted octanol–water partition coefficient (Wildman–Crippen LogP) is 4.85. The molecule has 1 aliphatic carbocycles. The topological polar surface area (TPSA) is 41.9 Å². The van der Waals surface area contributed by atoms with E-state index < -0.39 is 0 Å². The minimum Gasteiger partial charge on any atom is -0.353 e. The minimum atomic E-state index is 0.582. The van der Waals surface area contributed by atoms with Crippen molar-refractivity contribution in [2.45, 2.75) is 45.1 Å². The third kappa shape index (κ3) is 3.21. The Morgan fingerprint density at radius 2 is 1.84 bits per heavy atom. The Bertz CT molecular complexity index is 841. The lowest BCUT2D eigenvalue weighted by Gasteiger charge is -2.35. The smallest absolute Gasteiger partial charge is 0.163 e. The third-order valence-electron chi connectivity index (χ3n) is 5.13. The fourth-order valence-electron chi connectivity index (χ4n) is 3.88. The van der Waals surface area contributed by atoms with E-state index in [0.29, 0.717) is 6.04 Å². The number of aromatic nitrogens is 3. The Balaban J connectivity index is 1.85. The van der Waals surface area contributed by atoms with Crippen LogP contribution in [0.3, 0.4) is 0 Å². The SMILES string of the molecule is CCN(c1nc(-c2cccnc2)nc2ccccc12)C1CCCCC1. The van der Waals surface area contributed by atoms with Crippen LogP contribution in [0.5, 0.6) is 0 Å². The van der Waals surface area contributed by atoms with Gasteiger partial charge in [0.1, 0.15) is 5.82 Å². The van der Waals surface area contributed by atoms with Crippen molar-refractivity contribution in [1.82, 2.24) is 15.0 Å². The molecule has 4 rings (SSSR count). The molecule has 0 spiro atoms. The molecular weight excluding hydrogens is 308 g/mol. The Kier molecular flexibility index (Phi) is 4.59. The Morgan fingerprint density at radius 1 is 1.00 bits per heavy atom. The molecule has 0 radical (unpaired) electrons. The number of nitrogens with zero attached hydrogens (tertiary/aromatic N) is 4.